The molecule has 4 rings (SSSR count). The van der Waals surface area contributed by atoms with Gasteiger partial charge >= 0.3 is 0 Å². The number of carbonyl (C=O) groups is 2. The van der Waals surface area contributed by atoms with Gasteiger partial charge in [-0.2, -0.15) is 0 Å². The number of carbonyl (C=O) groups excluding carboxylic acids is 2. The molecule has 1 saturated heterocycles. The minimum absolute atomic E-state index is 0.0805. The first-order chi connectivity index (χ1) is 13.8. The third-order valence-electron chi connectivity index (χ3n) is 4.96. The SMILES string of the molecule is O=C(NCc1cc(F)cc(Cl)c1)[C@@]1(O)CCN(c2ccc3c(c2)CS(=O)N3)C1=O. The second-order valence-corrected chi connectivity index (χ2v) is 8.58. The fourth-order valence-electron chi connectivity index (χ4n) is 3.47. The maximum Gasteiger partial charge on any atom is 0.268 e. The number of hydrogen-bond acceptors (Lipinski definition) is 4. The first-order valence-corrected chi connectivity index (χ1v) is 10.5. The number of amides is 2. The molecule has 0 bridgehead atoms. The molecule has 0 aliphatic carbocycles. The molecule has 2 heterocycles. The van der Waals surface area contributed by atoms with Gasteiger partial charge in [-0.1, -0.05) is 11.6 Å². The Morgan fingerprint density at radius 1 is 1.34 bits per heavy atom. The lowest BCUT2D eigenvalue weighted by atomic mass is 10.0. The zero-order valence-electron chi connectivity index (χ0n) is 15.1. The Balaban J connectivity index is 1.47. The standard InChI is InChI=1S/C19H17ClFN3O4S/c20-13-5-11(6-14(21)8-13)9-22-17(25)19(27)3-4-24(18(19)26)15-1-2-16-12(7-15)10-29(28)23-16/h1-2,5-8,23,27H,3-4,9-10H2,(H,22,25)/t19-,29?/m0/s1. The third-order valence-corrected chi connectivity index (χ3v) is 6.20. The molecule has 1 fully saturated rings. The molecule has 2 aliphatic rings. The van der Waals surface area contributed by atoms with E-state index >= 15 is 0 Å². The fourth-order valence-corrected chi connectivity index (χ4v) is 4.75. The van der Waals surface area contributed by atoms with Gasteiger partial charge in [0.25, 0.3) is 11.8 Å². The van der Waals surface area contributed by atoms with E-state index < -0.39 is 34.2 Å². The van der Waals surface area contributed by atoms with Crippen LogP contribution in [0.15, 0.2) is 36.4 Å². The van der Waals surface area contributed by atoms with Gasteiger partial charge in [0.1, 0.15) is 16.8 Å². The highest BCUT2D eigenvalue weighted by Crippen LogP contribution is 2.33. The summed E-state index contributed by atoms with van der Waals surface area (Å²) in [6.07, 6.45) is -0.0805. The summed E-state index contributed by atoms with van der Waals surface area (Å²) in [5.74, 6) is -1.81. The molecular formula is C19H17ClFN3O4S. The molecule has 2 amide bonds. The molecule has 0 spiro atoms. The Kier molecular flexibility index (Phi) is 5.05. The van der Waals surface area contributed by atoms with Crippen LogP contribution in [0, 0.1) is 5.82 Å². The van der Waals surface area contributed by atoms with Crippen LogP contribution in [0.2, 0.25) is 5.02 Å². The topological polar surface area (TPSA) is 98.7 Å². The van der Waals surface area contributed by atoms with Crippen molar-refractivity contribution in [3.8, 4) is 0 Å². The molecule has 29 heavy (non-hydrogen) atoms. The predicted molar refractivity (Wildman–Crippen MR) is 107 cm³/mol. The number of anilines is 2. The minimum Gasteiger partial charge on any atom is -0.372 e. The van der Waals surface area contributed by atoms with Crippen LogP contribution in [0.3, 0.4) is 0 Å². The third kappa shape index (κ3) is 3.73. The Bertz CT molecular complexity index is 1030. The van der Waals surface area contributed by atoms with Gasteiger partial charge in [0, 0.05) is 30.2 Å². The first-order valence-electron chi connectivity index (χ1n) is 8.82. The highest BCUT2D eigenvalue weighted by molar-refractivity contribution is 7.86. The summed E-state index contributed by atoms with van der Waals surface area (Å²) >= 11 is 5.79. The number of nitrogens with zero attached hydrogens (tertiary/aromatic N) is 1. The van der Waals surface area contributed by atoms with Crippen LogP contribution in [0.1, 0.15) is 17.5 Å². The van der Waals surface area contributed by atoms with Crippen LogP contribution in [-0.4, -0.2) is 33.3 Å². The molecule has 0 aromatic heterocycles. The van der Waals surface area contributed by atoms with Crippen molar-refractivity contribution in [1.82, 2.24) is 5.32 Å². The van der Waals surface area contributed by atoms with Gasteiger partial charge in [-0.05, 0) is 47.5 Å². The van der Waals surface area contributed by atoms with Crippen LogP contribution in [0.25, 0.3) is 0 Å². The van der Waals surface area contributed by atoms with Crippen LogP contribution >= 0.6 is 11.6 Å². The van der Waals surface area contributed by atoms with Gasteiger partial charge in [-0.15, -0.1) is 0 Å². The summed E-state index contributed by atoms with van der Waals surface area (Å²) < 4.78 is 27.9. The lowest BCUT2D eigenvalue weighted by molar-refractivity contribution is -0.149. The van der Waals surface area contributed by atoms with Crippen molar-refractivity contribution < 1.29 is 23.3 Å². The van der Waals surface area contributed by atoms with E-state index in [0.29, 0.717) is 17.0 Å². The number of benzene rings is 2. The summed E-state index contributed by atoms with van der Waals surface area (Å²) in [6, 6.07) is 8.95. The molecule has 152 valence electrons. The smallest absolute Gasteiger partial charge is 0.268 e. The summed E-state index contributed by atoms with van der Waals surface area (Å²) in [5.41, 5.74) is 0.262. The summed E-state index contributed by atoms with van der Waals surface area (Å²) in [4.78, 5) is 26.7. The maximum atomic E-state index is 13.4. The summed E-state index contributed by atoms with van der Waals surface area (Å²) in [6.45, 7) is 0.0755. The Labute approximate surface area is 173 Å². The normalized spacial score (nSPS) is 23.1. The Hall–Kier alpha value is -2.49. The van der Waals surface area contributed by atoms with Crippen molar-refractivity contribution in [2.24, 2.45) is 0 Å². The van der Waals surface area contributed by atoms with Crippen LogP contribution in [-0.2, 0) is 32.9 Å². The van der Waals surface area contributed by atoms with Crippen LogP contribution < -0.4 is 14.9 Å². The van der Waals surface area contributed by atoms with E-state index in [4.69, 9.17) is 11.6 Å². The van der Waals surface area contributed by atoms with Gasteiger partial charge < -0.3 is 20.0 Å². The minimum atomic E-state index is -2.21. The quantitative estimate of drug-likeness (QED) is 0.636. The number of halogens is 2. The molecule has 3 N–H and O–H groups in total. The Morgan fingerprint density at radius 3 is 2.90 bits per heavy atom. The molecule has 2 atom stereocenters. The van der Waals surface area contributed by atoms with E-state index in [0.717, 1.165) is 17.3 Å². The van der Waals surface area contributed by atoms with Gasteiger partial charge in [-0.3, -0.25) is 9.59 Å². The van der Waals surface area contributed by atoms with Crippen molar-refractivity contribution in [2.45, 2.75) is 24.3 Å². The van der Waals surface area contributed by atoms with E-state index in [-0.39, 0.29) is 24.5 Å². The molecule has 0 saturated carbocycles. The van der Waals surface area contributed by atoms with E-state index in [9.17, 15) is 23.3 Å². The van der Waals surface area contributed by atoms with Gasteiger partial charge in [0.05, 0.1) is 11.4 Å². The summed E-state index contributed by atoms with van der Waals surface area (Å²) in [7, 11) is -1.19. The molecule has 7 nitrogen and oxygen atoms in total. The summed E-state index contributed by atoms with van der Waals surface area (Å²) in [5, 5.41) is 13.4. The zero-order chi connectivity index (χ0) is 20.8. The Morgan fingerprint density at radius 2 is 2.14 bits per heavy atom. The van der Waals surface area contributed by atoms with E-state index in [1.807, 2.05) is 0 Å². The number of fused-ring (bicyclic) bond motifs is 1. The molecule has 2 aromatic rings. The van der Waals surface area contributed by atoms with Crippen molar-refractivity contribution in [1.29, 1.82) is 0 Å². The second-order valence-electron chi connectivity index (χ2n) is 6.96. The van der Waals surface area contributed by atoms with E-state index in [1.54, 1.807) is 18.2 Å². The predicted octanol–water partition coefficient (Wildman–Crippen LogP) is 1.85. The van der Waals surface area contributed by atoms with Crippen molar-refractivity contribution in [3.63, 3.8) is 0 Å². The molecule has 0 radical (unpaired) electrons. The van der Waals surface area contributed by atoms with Gasteiger partial charge in [-0.25, -0.2) is 8.60 Å². The monoisotopic (exact) mass is 437 g/mol. The van der Waals surface area contributed by atoms with Crippen LogP contribution in [0.5, 0.6) is 0 Å². The molecule has 10 heteroatoms. The lowest BCUT2D eigenvalue weighted by Gasteiger charge is -2.22. The van der Waals surface area contributed by atoms with Crippen molar-refractivity contribution in [2.75, 3.05) is 16.2 Å². The average molecular weight is 438 g/mol. The number of aliphatic hydroxyl groups is 1. The van der Waals surface area contributed by atoms with Crippen LogP contribution in [0.4, 0.5) is 15.8 Å². The van der Waals surface area contributed by atoms with E-state index in [2.05, 4.69) is 10.0 Å². The average Bonchev–Trinajstić information content (AvgIpc) is 3.18. The fraction of sp³-hybridized carbons (Fsp3) is 0.263. The largest absolute Gasteiger partial charge is 0.372 e. The van der Waals surface area contributed by atoms with Crippen molar-refractivity contribution in [3.05, 3.63) is 58.4 Å². The van der Waals surface area contributed by atoms with Gasteiger partial charge in [0.15, 0.2) is 0 Å². The molecule has 2 aliphatic heterocycles. The molecule has 1 unspecified atom stereocenters. The second kappa shape index (κ2) is 7.40. The molecule has 2 aromatic carbocycles. The number of rotatable bonds is 4. The number of hydrogen-bond donors (Lipinski definition) is 3. The lowest BCUT2D eigenvalue weighted by Crippen LogP contribution is -2.52. The first kappa shape index (κ1) is 19.8. The highest BCUT2D eigenvalue weighted by atomic mass is 35.5. The molecular weight excluding hydrogens is 421 g/mol. The van der Waals surface area contributed by atoms with E-state index in [1.165, 1.54) is 17.0 Å². The van der Waals surface area contributed by atoms with Crippen molar-refractivity contribution >= 4 is 45.8 Å². The maximum absolute atomic E-state index is 13.4. The zero-order valence-corrected chi connectivity index (χ0v) is 16.6. The number of nitrogens with one attached hydrogen (secondary N) is 2. The highest BCUT2D eigenvalue weighted by Gasteiger charge is 2.51. The van der Waals surface area contributed by atoms with Gasteiger partial charge in [0.2, 0.25) is 5.60 Å².